The quantitative estimate of drug-likeness (QED) is 0.811. The van der Waals surface area contributed by atoms with Gasteiger partial charge in [-0.25, -0.2) is 4.39 Å². The van der Waals surface area contributed by atoms with E-state index in [2.05, 4.69) is 21.2 Å². The predicted molar refractivity (Wildman–Crippen MR) is 76.5 cm³/mol. The van der Waals surface area contributed by atoms with E-state index in [1.54, 1.807) is 0 Å². The monoisotopic (exact) mass is 335 g/mol. The summed E-state index contributed by atoms with van der Waals surface area (Å²) < 4.78 is 32.9. The van der Waals surface area contributed by atoms with E-state index in [0.717, 1.165) is 6.07 Å². The van der Waals surface area contributed by atoms with Crippen LogP contribution in [0.1, 0.15) is 34.1 Å². The Hall–Kier alpha value is -0.680. The summed E-state index contributed by atoms with van der Waals surface area (Å²) in [4.78, 5) is 0. The van der Waals surface area contributed by atoms with Crippen LogP contribution in [0.15, 0.2) is 16.6 Å². The van der Waals surface area contributed by atoms with Crippen molar-refractivity contribution in [2.24, 2.45) is 0 Å². The lowest BCUT2D eigenvalue weighted by atomic mass is 10.1. The van der Waals surface area contributed by atoms with Crippen LogP contribution < -0.4 is 10.1 Å². The van der Waals surface area contributed by atoms with Gasteiger partial charge in [-0.15, -0.1) is 0 Å². The summed E-state index contributed by atoms with van der Waals surface area (Å²) in [5, 5.41) is 3.29. The summed E-state index contributed by atoms with van der Waals surface area (Å²) >= 11 is 3.13. The zero-order valence-corrected chi connectivity index (χ0v) is 13.3. The van der Waals surface area contributed by atoms with E-state index < -0.39 is 11.6 Å². The normalized spacial score (nSPS) is 13.4. The topological polar surface area (TPSA) is 21.3 Å². The van der Waals surface area contributed by atoms with Gasteiger partial charge >= 0.3 is 0 Å². The Balaban J connectivity index is 2.76. The second kappa shape index (κ2) is 6.66. The maximum Gasteiger partial charge on any atom is 0.200 e. The molecule has 108 valence electrons. The van der Waals surface area contributed by atoms with Crippen LogP contribution in [0.4, 0.5) is 8.78 Å². The van der Waals surface area contributed by atoms with Crippen molar-refractivity contribution in [1.82, 2.24) is 5.32 Å². The molecule has 0 aliphatic heterocycles. The third-order valence-corrected chi connectivity index (χ3v) is 3.03. The minimum atomic E-state index is -0.947. The standard InChI is InChI=1S/C14H20BrF2NO/c1-5-10(8-18-14(2,3)4)19-12-7-9(15)6-11(16)13(12)17/h6-7,10,18H,5,8H2,1-4H3. The van der Waals surface area contributed by atoms with Gasteiger partial charge in [0.05, 0.1) is 0 Å². The van der Waals surface area contributed by atoms with Gasteiger partial charge < -0.3 is 10.1 Å². The zero-order valence-electron chi connectivity index (χ0n) is 11.7. The fourth-order valence-electron chi connectivity index (χ4n) is 1.49. The average molecular weight is 336 g/mol. The number of halogens is 3. The molecule has 0 aromatic heterocycles. The molecule has 1 aromatic carbocycles. The Bertz CT molecular complexity index is 432. The molecule has 1 unspecified atom stereocenters. The molecule has 1 N–H and O–H groups in total. The van der Waals surface area contributed by atoms with Crippen molar-refractivity contribution in [2.75, 3.05) is 6.54 Å². The van der Waals surface area contributed by atoms with Gasteiger partial charge in [-0.1, -0.05) is 22.9 Å². The van der Waals surface area contributed by atoms with Gasteiger partial charge in [0, 0.05) is 16.6 Å². The maximum atomic E-state index is 13.6. The fraction of sp³-hybridized carbons (Fsp3) is 0.571. The molecule has 1 aromatic rings. The Kier molecular flexibility index (Phi) is 5.74. The number of hydrogen-bond donors (Lipinski definition) is 1. The van der Waals surface area contributed by atoms with E-state index in [1.165, 1.54) is 6.07 Å². The molecule has 5 heteroatoms. The highest BCUT2D eigenvalue weighted by Crippen LogP contribution is 2.26. The van der Waals surface area contributed by atoms with Crippen LogP contribution in [0.2, 0.25) is 0 Å². The fourth-order valence-corrected chi connectivity index (χ4v) is 1.90. The highest BCUT2D eigenvalue weighted by Gasteiger charge is 2.18. The number of ether oxygens (including phenoxy) is 1. The van der Waals surface area contributed by atoms with Crippen LogP contribution in [0.5, 0.6) is 5.75 Å². The van der Waals surface area contributed by atoms with Crippen LogP contribution in [0.25, 0.3) is 0 Å². The molecule has 0 heterocycles. The van der Waals surface area contributed by atoms with E-state index in [0.29, 0.717) is 17.4 Å². The summed E-state index contributed by atoms with van der Waals surface area (Å²) in [5.41, 5.74) is -0.0438. The summed E-state index contributed by atoms with van der Waals surface area (Å²) in [7, 11) is 0. The van der Waals surface area contributed by atoms with Crippen molar-refractivity contribution in [2.45, 2.75) is 45.8 Å². The highest BCUT2D eigenvalue weighted by atomic mass is 79.9. The van der Waals surface area contributed by atoms with Gasteiger partial charge in [0.15, 0.2) is 11.6 Å². The summed E-state index contributed by atoms with van der Waals surface area (Å²) in [6.45, 7) is 8.64. The van der Waals surface area contributed by atoms with Crippen molar-refractivity contribution in [3.05, 3.63) is 28.2 Å². The highest BCUT2D eigenvalue weighted by molar-refractivity contribution is 9.10. The second-order valence-electron chi connectivity index (χ2n) is 5.48. The van der Waals surface area contributed by atoms with Crippen molar-refractivity contribution in [3.8, 4) is 5.75 Å². The third kappa shape index (κ3) is 5.45. The average Bonchev–Trinajstić information content (AvgIpc) is 2.29. The van der Waals surface area contributed by atoms with Crippen molar-refractivity contribution < 1.29 is 13.5 Å². The second-order valence-corrected chi connectivity index (χ2v) is 6.39. The van der Waals surface area contributed by atoms with Crippen LogP contribution in [-0.4, -0.2) is 18.2 Å². The van der Waals surface area contributed by atoms with E-state index in [1.807, 2.05) is 27.7 Å². The molecule has 0 saturated heterocycles. The van der Waals surface area contributed by atoms with Gasteiger partial charge in [-0.05, 0) is 39.3 Å². The molecular formula is C14H20BrF2NO. The minimum Gasteiger partial charge on any atom is -0.486 e. The number of rotatable bonds is 5. The zero-order chi connectivity index (χ0) is 14.6. The lowest BCUT2D eigenvalue weighted by Crippen LogP contribution is -2.42. The molecule has 0 radical (unpaired) electrons. The van der Waals surface area contributed by atoms with E-state index in [9.17, 15) is 8.78 Å². The molecule has 0 aliphatic carbocycles. The van der Waals surface area contributed by atoms with E-state index in [-0.39, 0.29) is 17.4 Å². The molecule has 1 rings (SSSR count). The van der Waals surface area contributed by atoms with Gasteiger partial charge in [0.1, 0.15) is 6.10 Å². The van der Waals surface area contributed by atoms with Crippen molar-refractivity contribution in [3.63, 3.8) is 0 Å². The van der Waals surface area contributed by atoms with Crippen molar-refractivity contribution in [1.29, 1.82) is 0 Å². The maximum absolute atomic E-state index is 13.6. The van der Waals surface area contributed by atoms with Crippen LogP contribution in [0.3, 0.4) is 0 Å². The molecule has 0 amide bonds. The predicted octanol–water partition coefficient (Wildman–Crippen LogP) is 4.27. The summed E-state index contributed by atoms with van der Waals surface area (Å²) in [5.74, 6) is -1.92. The van der Waals surface area contributed by atoms with Gasteiger partial charge in [-0.2, -0.15) is 4.39 Å². The first-order chi connectivity index (χ1) is 8.73. The Morgan fingerprint density at radius 2 is 1.95 bits per heavy atom. The summed E-state index contributed by atoms with van der Waals surface area (Å²) in [6, 6.07) is 2.52. The molecule has 2 nitrogen and oxygen atoms in total. The lowest BCUT2D eigenvalue weighted by molar-refractivity contribution is 0.172. The largest absolute Gasteiger partial charge is 0.486 e. The Labute approximate surface area is 121 Å². The lowest BCUT2D eigenvalue weighted by Gasteiger charge is -2.25. The van der Waals surface area contributed by atoms with Gasteiger partial charge in [-0.3, -0.25) is 0 Å². The molecular weight excluding hydrogens is 316 g/mol. The van der Waals surface area contributed by atoms with E-state index >= 15 is 0 Å². The van der Waals surface area contributed by atoms with Crippen molar-refractivity contribution >= 4 is 15.9 Å². The van der Waals surface area contributed by atoms with Gasteiger partial charge in [0.25, 0.3) is 0 Å². The molecule has 0 fully saturated rings. The van der Waals surface area contributed by atoms with Crippen LogP contribution >= 0.6 is 15.9 Å². The molecule has 0 spiro atoms. The molecule has 1 atom stereocenters. The molecule has 0 aliphatic rings. The van der Waals surface area contributed by atoms with Gasteiger partial charge in [0.2, 0.25) is 5.82 Å². The number of nitrogens with one attached hydrogen (secondary N) is 1. The van der Waals surface area contributed by atoms with E-state index in [4.69, 9.17) is 4.74 Å². The number of benzene rings is 1. The molecule has 0 saturated carbocycles. The van der Waals surface area contributed by atoms with Crippen LogP contribution in [-0.2, 0) is 0 Å². The third-order valence-electron chi connectivity index (χ3n) is 2.57. The molecule has 19 heavy (non-hydrogen) atoms. The summed E-state index contributed by atoms with van der Waals surface area (Å²) in [6.07, 6.45) is 0.499. The number of hydrogen-bond acceptors (Lipinski definition) is 2. The first-order valence-corrected chi connectivity index (χ1v) is 7.08. The Morgan fingerprint density at radius 3 is 2.47 bits per heavy atom. The SMILES string of the molecule is CCC(CNC(C)(C)C)Oc1cc(Br)cc(F)c1F. The Morgan fingerprint density at radius 1 is 1.32 bits per heavy atom. The molecule has 0 bridgehead atoms. The minimum absolute atomic E-state index is 0.0438. The first-order valence-electron chi connectivity index (χ1n) is 6.29. The van der Waals surface area contributed by atoms with Crippen LogP contribution in [0, 0.1) is 11.6 Å². The first kappa shape index (κ1) is 16.4. The smallest absolute Gasteiger partial charge is 0.200 e.